The van der Waals surface area contributed by atoms with Gasteiger partial charge in [-0.15, -0.1) is 0 Å². The van der Waals surface area contributed by atoms with Crippen LogP contribution in [0, 0.1) is 12.7 Å². The highest BCUT2D eigenvalue weighted by Crippen LogP contribution is 2.28. The van der Waals surface area contributed by atoms with Crippen molar-refractivity contribution in [3.05, 3.63) is 28.0 Å². The van der Waals surface area contributed by atoms with Crippen molar-refractivity contribution in [2.24, 2.45) is 0 Å². The summed E-state index contributed by atoms with van der Waals surface area (Å²) in [5.41, 5.74) is 1.08. The van der Waals surface area contributed by atoms with Gasteiger partial charge in [-0.3, -0.25) is 4.79 Å². The van der Waals surface area contributed by atoms with E-state index in [1.54, 1.807) is 6.07 Å². The maximum Gasteiger partial charge on any atom is 0.221 e. The van der Waals surface area contributed by atoms with Crippen LogP contribution in [0.15, 0.2) is 16.6 Å². The van der Waals surface area contributed by atoms with Crippen LogP contribution in [0.3, 0.4) is 0 Å². The van der Waals surface area contributed by atoms with E-state index in [1.165, 1.54) is 13.0 Å². The number of benzene rings is 1. The van der Waals surface area contributed by atoms with Crippen LogP contribution in [0.25, 0.3) is 0 Å². The lowest BCUT2D eigenvalue weighted by Gasteiger charge is -2.08. The largest absolute Gasteiger partial charge is 0.323 e. The smallest absolute Gasteiger partial charge is 0.221 e. The summed E-state index contributed by atoms with van der Waals surface area (Å²) in [5, 5.41) is 2.42. The average molecular weight is 246 g/mol. The first-order chi connectivity index (χ1) is 6.02. The van der Waals surface area contributed by atoms with Crippen LogP contribution in [0.5, 0.6) is 0 Å². The summed E-state index contributed by atoms with van der Waals surface area (Å²) in [4.78, 5) is 10.7. The number of carbonyl (C=O) groups is 1. The number of rotatable bonds is 1. The number of nitrogens with one attached hydrogen (secondary N) is 1. The molecular formula is C9H9BrFNO. The van der Waals surface area contributed by atoms with Crippen LogP contribution >= 0.6 is 15.9 Å². The zero-order valence-electron chi connectivity index (χ0n) is 7.32. The molecule has 0 bridgehead atoms. The van der Waals surface area contributed by atoms with Crippen LogP contribution in [0.1, 0.15) is 12.5 Å². The second-order valence-corrected chi connectivity index (χ2v) is 3.53. The predicted octanol–water partition coefficient (Wildman–Crippen LogP) is 2.86. The second kappa shape index (κ2) is 3.87. The molecule has 0 unspecified atom stereocenters. The molecule has 0 radical (unpaired) electrons. The Bertz CT molecular complexity index is 352. The Morgan fingerprint density at radius 2 is 2.15 bits per heavy atom. The molecule has 70 valence electrons. The van der Waals surface area contributed by atoms with Crippen molar-refractivity contribution >= 4 is 27.5 Å². The zero-order chi connectivity index (χ0) is 10.0. The fourth-order valence-electron chi connectivity index (χ4n) is 0.947. The molecular weight excluding hydrogens is 237 g/mol. The van der Waals surface area contributed by atoms with E-state index < -0.39 is 5.82 Å². The molecule has 0 atom stereocenters. The molecule has 1 amide bonds. The molecule has 0 saturated carbocycles. The quantitative estimate of drug-likeness (QED) is 0.810. The molecule has 0 aromatic heterocycles. The van der Waals surface area contributed by atoms with Gasteiger partial charge in [0.2, 0.25) is 5.91 Å². The van der Waals surface area contributed by atoms with Gasteiger partial charge >= 0.3 is 0 Å². The summed E-state index contributed by atoms with van der Waals surface area (Å²) in [6.45, 7) is 3.17. The number of carbonyl (C=O) groups excluding carboxylic acids is 1. The van der Waals surface area contributed by atoms with Gasteiger partial charge in [0.1, 0.15) is 5.82 Å². The number of hydrogen-bond donors (Lipinski definition) is 1. The van der Waals surface area contributed by atoms with E-state index in [4.69, 9.17) is 0 Å². The molecule has 4 heteroatoms. The third-order valence-electron chi connectivity index (χ3n) is 1.59. The molecule has 13 heavy (non-hydrogen) atoms. The molecule has 0 spiro atoms. The Balaban J connectivity index is 3.17. The van der Waals surface area contributed by atoms with Gasteiger partial charge in [-0.2, -0.15) is 0 Å². The molecule has 2 nitrogen and oxygen atoms in total. The standard InChI is InChI=1S/C9H9BrFNO/c1-5-3-4-7(11)9(8(5)10)12-6(2)13/h3-4H,1-2H3,(H,12,13). The highest BCUT2D eigenvalue weighted by Gasteiger charge is 2.09. The van der Waals surface area contributed by atoms with Gasteiger partial charge in [0.05, 0.1) is 5.69 Å². The topological polar surface area (TPSA) is 29.1 Å². The molecule has 1 aromatic carbocycles. The van der Waals surface area contributed by atoms with Crippen molar-refractivity contribution < 1.29 is 9.18 Å². The van der Waals surface area contributed by atoms with Crippen LogP contribution in [0.2, 0.25) is 0 Å². The van der Waals surface area contributed by atoms with Crippen molar-refractivity contribution in [3.8, 4) is 0 Å². The predicted molar refractivity (Wildman–Crippen MR) is 53.1 cm³/mol. The summed E-state index contributed by atoms with van der Waals surface area (Å²) in [7, 11) is 0. The number of amides is 1. The lowest BCUT2D eigenvalue weighted by molar-refractivity contribution is -0.114. The number of hydrogen-bond acceptors (Lipinski definition) is 1. The lowest BCUT2D eigenvalue weighted by Crippen LogP contribution is -2.08. The van der Waals surface area contributed by atoms with Crippen molar-refractivity contribution in [1.82, 2.24) is 0 Å². The molecule has 0 fully saturated rings. The van der Waals surface area contributed by atoms with Gasteiger partial charge in [-0.25, -0.2) is 4.39 Å². The summed E-state index contributed by atoms with van der Waals surface area (Å²) in [6, 6.07) is 2.97. The first kappa shape index (κ1) is 10.2. The molecule has 0 aliphatic rings. The van der Waals surface area contributed by atoms with Crippen LogP contribution in [-0.2, 0) is 4.79 Å². The molecule has 1 rings (SSSR count). The van der Waals surface area contributed by atoms with Gasteiger partial charge in [-0.05, 0) is 34.5 Å². The summed E-state index contributed by atoms with van der Waals surface area (Å²) in [5.74, 6) is -0.724. The molecule has 1 N–H and O–H groups in total. The first-order valence-electron chi connectivity index (χ1n) is 3.74. The normalized spacial score (nSPS) is 9.85. The van der Waals surface area contributed by atoms with Gasteiger partial charge in [-0.1, -0.05) is 6.07 Å². The maximum atomic E-state index is 13.1. The molecule has 0 aliphatic heterocycles. The maximum absolute atomic E-state index is 13.1. The van der Waals surface area contributed by atoms with Crippen LogP contribution in [-0.4, -0.2) is 5.91 Å². The third-order valence-corrected chi connectivity index (χ3v) is 2.61. The highest BCUT2D eigenvalue weighted by molar-refractivity contribution is 9.10. The van der Waals surface area contributed by atoms with Crippen molar-refractivity contribution in [1.29, 1.82) is 0 Å². The van der Waals surface area contributed by atoms with Crippen molar-refractivity contribution in [3.63, 3.8) is 0 Å². The first-order valence-corrected chi connectivity index (χ1v) is 4.54. The van der Waals surface area contributed by atoms with E-state index in [-0.39, 0.29) is 11.6 Å². The fraction of sp³-hybridized carbons (Fsp3) is 0.222. The van der Waals surface area contributed by atoms with Crippen molar-refractivity contribution in [2.45, 2.75) is 13.8 Å². The van der Waals surface area contributed by atoms with E-state index in [9.17, 15) is 9.18 Å². The average Bonchev–Trinajstić information content (AvgIpc) is 2.05. The SMILES string of the molecule is CC(=O)Nc1c(F)ccc(C)c1Br. The van der Waals surface area contributed by atoms with Gasteiger partial charge in [0.15, 0.2) is 0 Å². The summed E-state index contributed by atoms with van der Waals surface area (Å²) >= 11 is 3.20. The van der Waals surface area contributed by atoms with E-state index >= 15 is 0 Å². The monoisotopic (exact) mass is 245 g/mol. The minimum atomic E-state index is -0.437. The Hall–Kier alpha value is -0.900. The van der Waals surface area contributed by atoms with Gasteiger partial charge in [0, 0.05) is 11.4 Å². The van der Waals surface area contributed by atoms with Crippen LogP contribution in [0.4, 0.5) is 10.1 Å². The third kappa shape index (κ3) is 2.28. The summed E-state index contributed by atoms with van der Waals surface area (Å²) < 4.78 is 13.7. The van der Waals surface area contributed by atoms with Crippen molar-refractivity contribution in [2.75, 3.05) is 5.32 Å². The fourth-order valence-corrected chi connectivity index (χ4v) is 1.37. The minimum Gasteiger partial charge on any atom is -0.323 e. The van der Waals surface area contributed by atoms with Gasteiger partial charge < -0.3 is 5.32 Å². The molecule has 0 heterocycles. The Kier molecular flexibility index (Phi) is 3.03. The molecule has 0 saturated heterocycles. The highest BCUT2D eigenvalue weighted by atomic mass is 79.9. The zero-order valence-corrected chi connectivity index (χ0v) is 8.90. The number of halogens is 2. The Morgan fingerprint density at radius 3 is 2.69 bits per heavy atom. The molecule has 0 aliphatic carbocycles. The van der Waals surface area contributed by atoms with Gasteiger partial charge in [0.25, 0.3) is 0 Å². The van der Waals surface area contributed by atoms with E-state index in [0.29, 0.717) is 4.47 Å². The second-order valence-electron chi connectivity index (χ2n) is 2.73. The minimum absolute atomic E-state index is 0.201. The van der Waals surface area contributed by atoms with E-state index in [1.807, 2.05) is 6.92 Å². The summed E-state index contributed by atoms with van der Waals surface area (Å²) in [6.07, 6.45) is 0. The van der Waals surface area contributed by atoms with Crippen LogP contribution < -0.4 is 5.32 Å². The number of anilines is 1. The van der Waals surface area contributed by atoms with E-state index in [2.05, 4.69) is 21.2 Å². The van der Waals surface area contributed by atoms with E-state index in [0.717, 1.165) is 5.56 Å². The lowest BCUT2D eigenvalue weighted by atomic mass is 10.2. The molecule has 1 aromatic rings. The Morgan fingerprint density at radius 1 is 1.54 bits per heavy atom. The number of aryl methyl sites for hydroxylation is 1. The Labute approximate surface area is 84.3 Å².